The molecule has 0 N–H and O–H groups in total. The molecule has 0 aromatic carbocycles. The molecule has 0 aliphatic heterocycles. The SMILES string of the molecule is Cc1ncc(C(C)(C)C)cc1C(C)C. The van der Waals surface area contributed by atoms with E-state index in [2.05, 4.69) is 52.6 Å². The molecule has 0 spiro atoms. The highest BCUT2D eigenvalue weighted by Gasteiger charge is 2.16. The summed E-state index contributed by atoms with van der Waals surface area (Å²) >= 11 is 0. The summed E-state index contributed by atoms with van der Waals surface area (Å²) in [6.45, 7) is 13.2. The Labute approximate surface area is 87.6 Å². The number of hydrogen-bond acceptors (Lipinski definition) is 1. The van der Waals surface area contributed by atoms with Crippen LogP contribution in [0.25, 0.3) is 0 Å². The summed E-state index contributed by atoms with van der Waals surface area (Å²) in [7, 11) is 0. The molecule has 14 heavy (non-hydrogen) atoms. The molecule has 0 aliphatic carbocycles. The van der Waals surface area contributed by atoms with Gasteiger partial charge in [-0.3, -0.25) is 4.98 Å². The second kappa shape index (κ2) is 3.72. The van der Waals surface area contributed by atoms with Crippen LogP contribution in [0.5, 0.6) is 0 Å². The highest BCUT2D eigenvalue weighted by molar-refractivity contribution is 5.30. The Morgan fingerprint density at radius 1 is 1.21 bits per heavy atom. The third-order valence-electron chi connectivity index (χ3n) is 2.61. The van der Waals surface area contributed by atoms with Crippen molar-refractivity contribution in [1.29, 1.82) is 0 Å². The number of pyridine rings is 1. The molecule has 78 valence electrons. The van der Waals surface area contributed by atoms with Gasteiger partial charge >= 0.3 is 0 Å². The van der Waals surface area contributed by atoms with Crippen LogP contribution in [0.2, 0.25) is 0 Å². The number of nitrogens with zero attached hydrogens (tertiary/aromatic N) is 1. The van der Waals surface area contributed by atoms with Crippen LogP contribution in [-0.2, 0) is 5.41 Å². The van der Waals surface area contributed by atoms with Gasteiger partial charge in [0.25, 0.3) is 0 Å². The van der Waals surface area contributed by atoms with Crippen molar-refractivity contribution in [2.75, 3.05) is 0 Å². The molecule has 0 atom stereocenters. The second-order valence-electron chi connectivity index (χ2n) is 5.30. The Balaban J connectivity index is 3.20. The molecular formula is C13H21N. The number of aromatic nitrogens is 1. The van der Waals surface area contributed by atoms with Gasteiger partial charge in [-0.1, -0.05) is 40.7 Å². The molecular weight excluding hydrogens is 170 g/mol. The van der Waals surface area contributed by atoms with Crippen LogP contribution >= 0.6 is 0 Å². The van der Waals surface area contributed by atoms with Crippen LogP contribution in [0.4, 0.5) is 0 Å². The minimum Gasteiger partial charge on any atom is -0.261 e. The molecule has 1 rings (SSSR count). The zero-order valence-electron chi connectivity index (χ0n) is 10.2. The smallest absolute Gasteiger partial charge is 0.0407 e. The first-order valence-corrected chi connectivity index (χ1v) is 5.29. The fourth-order valence-electron chi connectivity index (χ4n) is 1.54. The molecule has 1 aromatic rings. The van der Waals surface area contributed by atoms with Gasteiger partial charge in [-0.15, -0.1) is 0 Å². The largest absolute Gasteiger partial charge is 0.261 e. The van der Waals surface area contributed by atoms with Crippen molar-refractivity contribution in [3.05, 3.63) is 29.1 Å². The second-order valence-corrected chi connectivity index (χ2v) is 5.30. The molecule has 0 saturated carbocycles. The predicted octanol–water partition coefficient (Wildman–Crippen LogP) is 3.81. The van der Waals surface area contributed by atoms with Crippen LogP contribution in [-0.4, -0.2) is 4.98 Å². The van der Waals surface area contributed by atoms with Crippen LogP contribution in [0.3, 0.4) is 0 Å². The van der Waals surface area contributed by atoms with E-state index in [4.69, 9.17) is 0 Å². The van der Waals surface area contributed by atoms with E-state index >= 15 is 0 Å². The summed E-state index contributed by atoms with van der Waals surface area (Å²) in [5.74, 6) is 0.560. The maximum absolute atomic E-state index is 4.47. The topological polar surface area (TPSA) is 12.9 Å². The first-order valence-electron chi connectivity index (χ1n) is 5.29. The van der Waals surface area contributed by atoms with Crippen LogP contribution in [0.1, 0.15) is 57.4 Å². The Morgan fingerprint density at radius 2 is 1.79 bits per heavy atom. The summed E-state index contributed by atoms with van der Waals surface area (Å²) in [5, 5.41) is 0. The third kappa shape index (κ3) is 2.34. The lowest BCUT2D eigenvalue weighted by molar-refractivity contribution is 0.584. The summed E-state index contributed by atoms with van der Waals surface area (Å²) in [6, 6.07) is 2.30. The quantitative estimate of drug-likeness (QED) is 0.657. The molecule has 1 heterocycles. The first-order chi connectivity index (χ1) is 6.32. The van der Waals surface area contributed by atoms with Gasteiger partial charge in [0.15, 0.2) is 0 Å². The van der Waals surface area contributed by atoms with Gasteiger partial charge < -0.3 is 0 Å². The molecule has 0 radical (unpaired) electrons. The Morgan fingerprint density at radius 3 is 2.21 bits per heavy atom. The summed E-state index contributed by atoms with van der Waals surface area (Å²) in [6.07, 6.45) is 2.00. The fraction of sp³-hybridized carbons (Fsp3) is 0.615. The number of rotatable bonds is 1. The van der Waals surface area contributed by atoms with Crippen molar-refractivity contribution < 1.29 is 0 Å². The molecule has 1 nitrogen and oxygen atoms in total. The standard InChI is InChI=1S/C13H21N/c1-9(2)12-7-11(13(4,5)6)8-14-10(12)3/h7-9H,1-6H3. The molecule has 0 unspecified atom stereocenters. The van der Waals surface area contributed by atoms with Gasteiger partial charge in [-0.25, -0.2) is 0 Å². The minimum absolute atomic E-state index is 0.199. The van der Waals surface area contributed by atoms with Crippen molar-refractivity contribution in [2.24, 2.45) is 0 Å². The van der Waals surface area contributed by atoms with Crippen molar-refractivity contribution in [1.82, 2.24) is 4.98 Å². The molecule has 1 heteroatoms. The van der Waals surface area contributed by atoms with E-state index in [1.54, 1.807) is 0 Å². The van der Waals surface area contributed by atoms with Gasteiger partial charge in [0.1, 0.15) is 0 Å². The lowest BCUT2D eigenvalue weighted by Crippen LogP contribution is -2.13. The van der Waals surface area contributed by atoms with E-state index in [-0.39, 0.29) is 5.41 Å². The lowest BCUT2D eigenvalue weighted by Gasteiger charge is -2.21. The minimum atomic E-state index is 0.199. The Kier molecular flexibility index (Phi) is 2.98. The summed E-state index contributed by atoms with van der Waals surface area (Å²) < 4.78 is 0. The highest BCUT2D eigenvalue weighted by Crippen LogP contribution is 2.26. The average Bonchev–Trinajstić information content (AvgIpc) is 2.02. The van der Waals surface area contributed by atoms with Crippen LogP contribution < -0.4 is 0 Å². The van der Waals surface area contributed by atoms with Crippen molar-refractivity contribution in [3.8, 4) is 0 Å². The zero-order valence-corrected chi connectivity index (χ0v) is 10.2. The molecule has 0 saturated heterocycles. The summed E-state index contributed by atoms with van der Waals surface area (Å²) in [5.41, 5.74) is 4.06. The van der Waals surface area contributed by atoms with Crippen molar-refractivity contribution in [3.63, 3.8) is 0 Å². The third-order valence-corrected chi connectivity index (χ3v) is 2.61. The Bertz CT molecular complexity index is 318. The molecule has 1 aromatic heterocycles. The fourth-order valence-corrected chi connectivity index (χ4v) is 1.54. The molecule has 0 amide bonds. The maximum atomic E-state index is 4.47. The number of hydrogen-bond donors (Lipinski definition) is 0. The van der Waals surface area contributed by atoms with E-state index in [0.29, 0.717) is 5.92 Å². The van der Waals surface area contributed by atoms with E-state index in [0.717, 1.165) is 5.69 Å². The van der Waals surface area contributed by atoms with Gasteiger partial charge in [0.05, 0.1) is 0 Å². The number of aryl methyl sites for hydroxylation is 1. The van der Waals surface area contributed by atoms with E-state index < -0.39 is 0 Å². The van der Waals surface area contributed by atoms with Gasteiger partial charge in [0, 0.05) is 11.9 Å². The van der Waals surface area contributed by atoms with E-state index in [1.165, 1.54) is 11.1 Å². The van der Waals surface area contributed by atoms with Crippen molar-refractivity contribution >= 4 is 0 Å². The normalized spacial score (nSPS) is 12.2. The predicted molar refractivity (Wildman–Crippen MR) is 61.8 cm³/mol. The monoisotopic (exact) mass is 191 g/mol. The van der Waals surface area contributed by atoms with Crippen molar-refractivity contribution in [2.45, 2.75) is 52.9 Å². The first kappa shape index (κ1) is 11.2. The molecule has 0 fully saturated rings. The molecule has 0 bridgehead atoms. The van der Waals surface area contributed by atoms with Crippen LogP contribution in [0, 0.1) is 6.92 Å². The summed E-state index contributed by atoms with van der Waals surface area (Å²) in [4.78, 5) is 4.47. The van der Waals surface area contributed by atoms with E-state index in [1.807, 2.05) is 6.20 Å². The van der Waals surface area contributed by atoms with Crippen LogP contribution in [0.15, 0.2) is 12.3 Å². The average molecular weight is 191 g/mol. The van der Waals surface area contributed by atoms with Gasteiger partial charge in [0.2, 0.25) is 0 Å². The van der Waals surface area contributed by atoms with Gasteiger partial charge in [-0.05, 0) is 29.4 Å². The molecule has 0 aliphatic rings. The Hall–Kier alpha value is -0.850. The highest BCUT2D eigenvalue weighted by atomic mass is 14.7. The van der Waals surface area contributed by atoms with E-state index in [9.17, 15) is 0 Å². The zero-order chi connectivity index (χ0) is 10.9. The van der Waals surface area contributed by atoms with Gasteiger partial charge in [-0.2, -0.15) is 0 Å². The lowest BCUT2D eigenvalue weighted by atomic mass is 9.86. The maximum Gasteiger partial charge on any atom is 0.0407 e.